The number of benzene rings is 3. The van der Waals surface area contributed by atoms with Crippen LogP contribution in [0.5, 0.6) is 5.75 Å². The second kappa shape index (κ2) is 9.75. The predicted molar refractivity (Wildman–Crippen MR) is 115 cm³/mol. The fourth-order valence-corrected chi connectivity index (χ4v) is 2.83. The lowest BCUT2D eigenvalue weighted by Crippen LogP contribution is -2.30. The molecule has 6 heteroatoms. The first-order valence-electron chi connectivity index (χ1n) is 9.17. The first-order chi connectivity index (χ1) is 14.0. The number of hydrogen-bond acceptors (Lipinski definition) is 3. The van der Waals surface area contributed by atoms with Crippen molar-refractivity contribution >= 4 is 34.8 Å². The van der Waals surface area contributed by atoms with E-state index in [4.69, 9.17) is 16.3 Å². The van der Waals surface area contributed by atoms with Crippen LogP contribution in [0.1, 0.15) is 12.5 Å². The Balaban J connectivity index is 1.52. The minimum atomic E-state index is -0.722. The van der Waals surface area contributed by atoms with Gasteiger partial charge in [-0.3, -0.25) is 9.59 Å². The van der Waals surface area contributed by atoms with Crippen LogP contribution in [0, 0.1) is 0 Å². The third-order valence-electron chi connectivity index (χ3n) is 4.15. The van der Waals surface area contributed by atoms with E-state index in [-0.39, 0.29) is 11.8 Å². The van der Waals surface area contributed by atoms with E-state index in [9.17, 15) is 9.59 Å². The molecule has 0 saturated carbocycles. The van der Waals surface area contributed by atoms with Gasteiger partial charge in [-0.1, -0.05) is 54.1 Å². The summed E-state index contributed by atoms with van der Waals surface area (Å²) in [6, 6.07) is 23.4. The Bertz CT molecular complexity index is 975. The standard InChI is InChI=1S/C23H21ClN2O3/c1-16(29-21-10-6-5-9-20(21)24)23(28)26-19-13-11-18(12-14-19)25-22(27)15-17-7-3-2-4-8-17/h2-14,16H,15H2,1H3,(H,25,27)(H,26,28). The molecule has 0 aliphatic heterocycles. The van der Waals surface area contributed by atoms with Gasteiger partial charge in [-0.2, -0.15) is 0 Å². The average molecular weight is 409 g/mol. The molecule has 0 bridgehead atoms. The summed E-state index contributed by atoms with van der Waals surface area (Å²) in [7, 11) is 0. The SMILES string of the molecule is CC(Oc1ccccc1Cl)C(=O)Nc1ccc(NC(=O)Cc2ccccc2)cc1. The topological polar surface area (TPSA) is 67.4 Å². The number of hydrogen-bond donors (Lipinski definition) is 2. The lowest BCUT2D eigenvalue weighted by atomic mass is 10.1. The summed E-state index contributed by atoms with van der Waals surface area (Å²) < 4.78 is 5.61. The zero-order valence-electron chi connectivity index (χ0n) is 15.9. The number of anilines is 2. The van der Waals surface area contributed by atoms with Crippen LogP contribution in [0.25, 0.3) is 0 Å². The molecule has 0 spiro atoms. The molecule has 3 aromatic carbocycles. The van der Waals surface area contributed by atoms with E-state index in [1.807, 2.05) is 30.3 Å². The molecule has 0 fully saturated rings. The van der Waals surface area contributed by atoms with Gasteiger partial charge in [0.25, 0.3) is 5.91 Å². The number of carbonyl (C=O) groups excluding carboxylic acids is 2. The molecule has 0 aliphatic rings. The average Bonchev–Trinajstić information content (AvgIpc) is 2.72. The van der Waals surface area contributed by atoms with E-state index < -0.39 is 6.10 Å². The lowest BCUT2D eigenvalue weighted by Gasteiger charge is -2.15. The van der Waals surface area contributed by atoms with E-state index in [0.717, 1.165) is 5.56 Å². The van der Waals surface area contributed by atoms with Crippen LogP contribution in [0.15, 0.2) is 78.9 Å². The van der Waals surface area contributed by atoms with Crippen LogP contribution in [-0.2, 0) is 16.0 Å². The first-order valence-corrected chi connectivity index (χ1v) is 9.55. The van der Waals surface area contributed by atoms with Gasteiger partial charge < -0.3 is 15.4 Å². The van der Waals surface area contributed by atoms with Crippen molar-refractivity contribution in [2.24, 2.45) is 0 Å². The van der Waals surface area contributed by atoms with Crippen LogP contribution < -0.4 is 15.4 Å². The van der Waals surface area contributed by atoms with E-state index in [2.05, 4.69) is 10.6 Å². The fourth-order valence-electron chi connectivity index (χ4n) is 2.65. The summed E-state index contributed by atoms with van der Waals surface area (Å²) in [5.41, 5.74) is 2.20. The largest absolute Gasteiger partial charge is 0.479 e. The summed E-state index contributed by atoms with van der Waals surface area (Å²) >= 11 is 6.05. The zero-order valence-corrected chi connectivity index (χ0v) is 16.6. The highest BCUT2D eigenvalue weighted by Crippen LogP contribution is 2.24. The Morgan fingerprint density at radius 1 is 0.862 bits per heavy atom. The highest BCUT2D eigenvalue weighted by Gasteiger charge is 2.16. The highest BCUT2D eigenvalue weighted by molar-refractivity contribution is 6.32. The Kier molecular flexibility index (Phi) is 6.87. The molecule has 29 heavy (non-hydrogen) atoms. The summed E-state index contributed by atoms with van der Waals surface area (Å²) in [5, 5.41) is 6.07. The van der Waals surface area contributed by atoms with Gasteiger partial charge in [-0.15, -0.1) is 0 Å². The van der Waals surface area contributed by atoms with Crippen molar-refractivity contribution in [3.63, 3.8) is 0 Å². The quantitative estimate of drug-likeness (QED) is 0.582. The smallest absolute Gasteiger partial charge is 0.265 e. The molecule has 3 rings (SSSR count). The molecule has 5 nitrogen and oxygen atoms in total. The molecule has 0 saturated heterocycles. The van der Waals surface area contributed by atoms with E-state index >= 15 is 0 Å². The van der Waals surface area contributed by atoms with Gasteiger partial charge in [0, 0.05) is 11.4 Å². The van der Waals surface area contributed by atoms with Crippen LogP contribution in [-0.4, -0.2) is 17.9 Å². The molecule has 2 N–H and O–H groups in total. The van der Waals surface area contributed by atoms with E-state index in [1.54, 1.807) is 55.5 Å². The van der Waals surface area contributed by atoms with Crippen molar-refractivity contribution in [1.29, 1.82) is 0 Å². The maximum atomic E-state index is 12.3. The number of carbonyl (C=O) groups is 2. The molecule has 0 aliphatic carbocycles. The minimum Gasteiger partial charge on any atom is -0.479 e. The molecule has 148 valence electrons. The molecule has 0 heterocycles. The monoisotopic (exact) mass is 408 g/mol. The van der Waals surface area contributed by atoms with Crippen molar-refractivity contribution in [3.05, 3.63) is 89.4 Å². The lowest BCUT2D eigenvalue weighted by molar-refractivity contribution is -0.122. The molecule has 1 unspecified atom stereocenters. The van der Waals surface area contributed by atoms with Gasteiger partial charge in [0.05, 0.1) is 11.4 Å². The number of ether oxygens (including phenoxy) is 1. The van der Waals surface area contributed by atoms with Crippen LogP contribution in [0.2, 0.25) is 5.02 Å². The molecule has 3 aromatic rings. The number of rotatable bonds is 7. The van der Waals surface area contributed by atoms with Crippen LogP contribution in [0.3, 0.4) is 0 Å². The Hall–Kier alpha value is -3.31. The first kappa shape index (κ1) is 20.4. The van der Waals surface area contributed by atoms with Gasteiger partial charge in [0.2, 0.25) is 5.91 Å². The zero-order chi connectivity index (χ0) is 20.6. The highest BCUT2D eigenvalue weighted by atomic mass is 35.5. The second-order valence-electron chi connectivity index (χ2n) is 6.47. The number of amides is 2. The van der Waals surface area contributed by atoms with Crippen LogP contribution >= 0.6 is 11.6 Å². The summed E-state index contributed by atoms with van der Waals surface area (Å²) in [4.78, 5) is 24.5. The third-order valence-corrected chi connectivity index (χ3v) is 4.47. The third kappa shape index (κ3) is 6.09. The number of para-hydroxylation sites is 1. The Labute approximate surface area is 174 Å². The number of nitrogens with one attached hydrogen (secondary N) is 2. The molecule has 2 amide bonds. The van der Waals surface area contributed by atoms with Gasteiger partial charge >= 0.3 is 0 Å². The summed E-state index contributed by atoms with van der Waals surface area (Å²) in [6.07, 6.45) is -0.420. The van der Waals surface area contributed by atoms with Gasteiger partial charge in [-0.05, 0) is 48.9 Å². The molecule has 1 atom stereocenters. The van der Waals surface area contributed by atoms with Crippen LogP contribution in [0.4, 0.5) is 11.4 Å². The van der Waals surface area contributed by atoms with E-state index in [0.29, 0.717) is 28.6 Å². The van der Waals surface area contributed by atoms with Crippen molar-refractivity contribution in [2.75, 3.05) is 10.6 Å². The summed E-state index contributed by atoms with van der Waals surface area (Å²) in [5.74, 6) is 0.0498. The normalized spacial score (nSPS) is 11.4. The molecular weight excluding hydrogens is 388 g/mol. The Morgan fingerprint density at radius 3 is 2.10 bits per heavy atom. The maximum absolute atomic E-state index is 12.3. The predicted octanol–water partition coefficient (Wildman–Crippen LogP) is 4.93. The number of halogens is 1. The van der Waals surface area contributed by atoms with Crippen molar-refractivity contribution < 1.29 is 14.3 Å². The Morgan fingerprint density at radius 2 is 1.45 bits per heavy atom. The van der Waals surface area contributed by atoms with Gasteiger partial charge in [-0.25, -0.2) is 0 Å². The fraction of sp³-hybridized carbons (Fsp3) is 0.130. The summed E-state index contributed by atoms with van der Waals surface area (Å²) in [6.45, 7) is 1.65. The van der Waals surface area contributed by atoms with Gasteiger partial charge in [0.1, 0.15) is 5.75 Å². The van der Waals surface area contributed by atoms with Crippen molar-refractivity contribution in [3.8, 4) is 5.75 Å². The van der Waals surface area contributed by atoms with Gasteiger partial charge in [0.15, 0.2) is 6.10 Å². The maximum Gasteiger partial charge on any atom is 0.265 e. The molecule has 0 radical (unpaired) electrons. The van der Waals surface area contributed by atoms with E-state index in [1.165, 1.54) is 0 Å². The molecular formula is C23H21ClN2O3. The van der Waals surface area contributed by atoms with Crippen molar-refractivity contribution in [1.82, 2.24) is 0 Å². The minimum absolute atomic E-state index is 0.102. The second-order valence-corrected chi connectivity index (χ2v) is 6.87. The molecule has 0 aromatic heterocycles. The van der Waals surface area contributed by atoms with Crippen molar-refractivity contribution in [2.45, 2.75) is 19.4 Å².